The van der Waals surface area contributed by atoms with E-state index < -0.39 is 0 Å². The number of carbonyl (C=O) groups excluding carboxylic acids is 1. The smallest absolute Gasteiger partial charge is 0.241 e. The van der Waals surface area contributed by atoms with E-state index in [1.54, 1.807) is 0 Å². The maximum atomic E-state index is 12.1. The van der Waals surface area contributed by atoms with E-state index >= 15 is 0 Å². The van der Waals surface area contributed by atoms with Gasteiger partial charge in [-0.05, 0) is 51.0 Å². The topological polar surface area (TPSA) is 35.6 Å². The van der Waals surface area contributed by atoms with Crippen LogP contribution in [0.5, 0.6) is 0 Å². The fourth-order valence-corrected chi connectivity index (χ4v) is 2.60. The van der Waals surface area contributed by atoms with Gasteiger partial charge >= 0.3 is 0 Å². The lowest BCUT2D eigenvalue weighted by molar-refractivity contribution is -0.128. The summed E-state index contributed by atoms with van der Waals surface area (Å²) in [4.78, 5) is 16.3. The molecule has 0 bridgehead atoms. The number of carbonyl (C=O) groups is 1. The Kier molecular flexibility index (Phi) is 5.41. The minimum atomic E-state index is 0.160. The molecule has 1 amide bonds. The highest BCUT2D eigenvalue weighted by Crippen LogP contribution is 2.16. The van der Waals surface area contributed by atoms with Gasteiger partial charge in [-0.2, -0.15) is 0 Å². The van der Waals surface area contributed by atoms with Gasteiger partial charge in [-0.3, -0.25) is 4.79 Å². The molecule has 0 aromatic heterocycles. The van der Waals surface area contributed by atoms with E-state index in [4.69, 9.17) is 0 Å². The molecule has 1 aromatic rings. The van der Waals surface area contributed by atoms with Gasteiger partial charge in [-0.25, -0.2) is 0 Å². The van der Waals surface area contributed by atoms with Gasteiger partial charge in [0.05, 0.1) is 6.54 Å². The van der Waals surface area contributed by atoms with Crippen LogP contribution >= 0.6 is 0 Å². The maximum Gasteiger partial charge on any atom is 0.241 e. The first kappa shape index (κ1) is 14.9. The number of piperidine rings is 1. The molecule has 110 valence electrons. The van der Waals surface area contributed by atoms with Crippen LogP contribution in [0.2, 0.25) is 0 Å². The molecule has 20 heavy (non-hydrogen) atoms. The van der Waals surface area contributed by atoms with Crippen LogP contribution in [-0.4, -0.2) is 56.0 Å². The third kappa shape index (κ3) is 4.53. The highest BCUT2D eigenvalue weighted by atomic mass is 16.2. The van der Waals surface area contributed by atoms with Gasteiger partial charge in [-0.1, -0.05) is 18.2 Å². The number of hydrogen-bond donors (Lipinski definition) is 1. The summed E-state index contributed by atoms with van der Waals surface area (Å²) in [5.74, 6) is 0.810. The van der Waals surface area contributed by atoms with Crippen molar-refractivity contribution in [2.45, 2.75) is 12.8 Å². The molecule has 1 aromatic carbocycles. The van der Waals surface area contributed by atoms with Crippen molar-refractivity contribution in [1.29, 1.82) is 0 Å². The zero-order chi connectivity index (χ0) is 14.4. The molecule has 0 aliphatic carbocycles. The minimum Gasteiger partial charge on any atom is -0.376 e. The summed E-state index contributed by atoms with van der Waals surface area (Å²) in [5.41, 5.74) is 0.994. The van der Waals surface area contributed by atoms with E-state index in [0.717, 1.165) is 25.3 Å². The fourth-order valence-electron chi connectivity index (χ4n) is 2.60. The number of amides is 1. The van der Waals surface area contributed by atoms with Gasteiger partial charge < -0.3 is 15.1 Å². The zero-order valence-corrected chi connectivity index (χ0v) is 12.5. The first-order chi connectivity index (χ1) is 9.65. The van der Waals surface area contributed by atoms with Gasteiger partial charge in [0.15, 0.2) is 0 Å². The first-order valence-corrected chi connectivity index (χ1v) is 7.36. The molecular weight excluding hydrogens is 250 g/mol. The van der Waals surface area contributed by atoms with E-state index in [0.29, 0.717) is 12.5 Å². The Morgan fingerprint density at radius 1 is 1.30 bits per heavy atom. The van der Waals surface area contributed by atoms with Crippen molar-refractivity contribution in [3.05, 3.63) is 30.3 Å². The van der Waals surface area contributed by atoms with E-state index in [-0.39, 0.29) is 5.91 Å². The normalized spacial score (nSPS) is 16.9. The van der Waals surface area contributed by atoms with Crippen LogP contribution in [0.3, 0.4) is 0 Å². The second-order valence-corrected chi connectivity index (χ2v) is 5.74. The molecule has 1 aliphatic heterocycles. The molecule has 0 saturated carbocycles. The van der Waals surface area contributed by atoms with Crippen molar-refractivity contribution >= 4 is 11.6 Å². The van der Waals surface area contributed by atoms with E-state index in [9.17, 15) is 4.79 Å². The number of nitrogens with one attached hydrogen (secondary N) is 1. The fraction of sp³-hybridized carbons (Fsp3) is 0.562. The summed E-state index contributed by atoms with van der Waals surface area (Å²) in [6.45, 7) is 3.54. The number of hydrogen-bond acceptors (Lipinski definition) is 3. The van der Waals surface area contributed by atoms with Gasteiger partial charge in [0.2, 0.25) is 5.91 Å². The molecule has 1 saturated heterocycles. The highest BCUT2D eigenvalue weighted by Gasteiger charge is 2.20. The van der Waals surface area contributed by atoms with E-state index in [1.165, 1.54) is 12.8 Å². The van der Waals surface area contributed by atoms with Gasteiger partial charge in [0.25, 0.3) is 0 Å². The van der Waals surface area contributed by atoms with E-state index in [1.807, 2.05) is 42.3 Å². The third-order valence-corrected chi connectivity index (χ3v) is 4.01. The molecule has 0 atom stereocenters. The van der Waals surface area contributed by atoms with Crippen LogP contribution in [0.1, 0.15) is 12.8 Å². The van der Waals surface area contributed by atoms with Crippen LogP contribution in [0.4, 0.5) is 5.69 Å². The lowest BCUT2D eigenvalue weighted by Crippen LogP contribution is -2.39. The number of anilines is 1. The monoisotopic (exact) mass is 275 g/mol. The van der Waals surface area contributed by atoms with Crippen LogP contribution in [-0.2, 0) is 4.79 Å². The van der Waals surface area contributed by atoms with Crippen LogP contribution in [0, 0.1) is 5.92 Å². The predicted molar refractivity (Wildman–Crippen MR) is 82.8 cm³/mol. The van der Waals surface area contributed by atoms with Gasteiger partial charge in [-0.15, -0.1) is 0 Å². The Morgan fingerprint density at radius 2 is 1.95 bits per heavy atom. The second-order valence-electron chi connectivity index (χ2n) is 5.74. The number of nitrogens with zero attached hydrogens (tertiary/aromatic N) is 2. The average molecular weight is 275 g/mol. The molecule has 0 spiro atoms. The Balaban J connectivity index is 1.72. The largest absolute Gasteiger partial charge is 0.376 e. The average Bonchev–Trinajstić information content (AvgIpc) is 2.48. The number of rotatable bonds is 5. The number of para-hydroxylation sites is 1. The molecule has 2 rings (SSSR count). The second kappa shape index (κ2) is 7.29. The van der Waals surface area contributed by atoms with Crippen LogP contribution in [0.25, 0.3) is 0 Å². The summed E-state index contributed by atoms with van der Waals surface area (Å²) in [6.07, 6.45) is 2.39. The molecule has 0 unspecified atom stereocenters. The number of likely N-dealkylation sites (tertiary alicyclic amines) is 1. The van der Waals surface area contributed by atoms with Crippen molar-refractivity contribution in [2.24, 2.45) is 5.92 Å². The molecule has 1 heterocycles. The number of likely N-dealkylation sites (N-methyl/N-ethyl adjacent to an activating group) is 1. The van der Waals surface area contributed by atoms with Gasteiger partial charge in [0.1, 0.15) is 0 Å². The predicted octanol–water partition coefficient (Wildman–Crippen LogP) is 1.90. The summed E-state index contributed by atoms with van der Waals surface area (Å²) in [6, 6.07) is 9.86. The Labute approximate surface area is 121 Å². The maximum absolute atomic E-state index is 12.1. The molecule has 1 fully saturated rings. The van der Waals surface area contributed by atoms with E-state index in [2.05, 4.69) is 17.3 Å². The van der Waals surface area contributed by atoms with Crippen molar-refractivity contribution < 1.29 is 4.79 Å². The molecule has 0 radical (unpaired) electrons. The minimum absolute atomic E-state index is 0.160. The standard InChI is InChI=1S/C16H25N3O/c1-18-10-8-14(9-11-18)13-19(2)16(20)12-17-15-6-4-3-5-7-15/h3-7,14,17H,8-13H2,1-2H3. The molecule has 1 aliphatic rings. The molecule has 1 N–H and O–H groups in total. The van der Waals surface area contributed by atoms with Crippen LogP contribution < -0.4 is 5.32 Å². The van der Waals surface area contributed by atoms with Crippen molar-refractivity contribution in [3.8, 4) is 0 Å². The lowest BCUT2D eigenvalue weighted by atomic mass is 9.97. The Hall–Kier alpha value is -1.55. The third-order valence-electron chi connectivity index (χ3n) is 4.01. The zero-order valence-electron chi connectivity index (χ0n) is 12.5. The summed E-state index contributed by atoms with van der Waals surface area (Å²) in [5, 5.41) is 3.17. The van der Waals surface area contributed by atoms with Crippen molar-refractivity contribution in [1.82, 2.24) is 9.80 Å². The van der Waals surface area contributed by atoms with Crippen molar-refractivity contribution in [3.63, 3.8) is 0 Å². The van der Waals surface area contributed by atoms with Gasteiger partial charge in [0, 0.05) is 19.3 Å². The number of benzene rings is 1. The van der Waals surface area contributed by atoms with Crippen molar-refractivity contribution in [2.75, 3.05) is 45.6 Å². The summed E-state index contributed by atoms with van der Waals surface area (Å²) >= 11 is 0. The highest BCUT2D eigenvalue weighted by molar-refractivity contribution is 5.80. The first-order valence-electron chi connectivity index (χ1n) is 7.36. The molecule has 4 nitrogen and oxygen atoms in total. The molecule has 4 heteroatoms. The SMILES string of the molecule is CN1CCC(CN(C)C(=O)CNc2ccccc2)CC1. The van der Waals surface area contributed by atoms with Crippen LogP contribution in [0.15, 0.2) is 30.3 Å². The summed E-state index contributed by atoms with van der Waals surface area (Å²) in [7, 11) is 4.07. The Morgan fingerprint density at radius 3 is 2.60 bits per heavy atom. The quantitative estimate of drug-likeness (QED) is 0.891. The lowest BCUT2D eigenvalue weighted by Gasteiger charge is -2.31. The summed E-state index contributed by atoms with van der Waals surface area (Å²) < 4.78 is 0. The molecular formula is C16H25N3O. The Bertz CT molecular complexity index is 413.